The van der Waals surface area contributed by atoms with Crippen molar-refractivity contribution < 1.29 is 0 Å². The Labute approximate surface area is 138 Å². The summed E-state index contributed by atoms with van der Waals surface area (Å²) in [5, 5.41) is 12.6. The molecule has 1 aromatic carbocycles. The molecule has 1 aliphatic rings. The third-order valence-corrected chi connectivity index (χ3v) is 4.57. The predicted octanol–water partition coefficient (Wildman–Crippen LogP) is 1.81. The number of hydrogen-bond donors (Lipinski definition) is 0. The lowest BCUT2D eigenvalue weighted by molar-refractivity contribution is 0.0996. The maximum atomic E-state index is 4.37. The lowest BCUT2D eigenvalue weighted by Gasteiger charge is -2.37. The molecular weight excluding hydrogens is 288 g/mol. The van der Waals surface area contributed by atoms with E-state index in [0.29, 0.717) is 6.04 Å². The van der Waals surface area contributed by atoms with Crippen molar-refractivity contribution in [1.82, 2.24) is 30.0 Å². The molecule has 2 aromatic rings. The first-order chi connectivity index (χ1) is 11.3. The number of likely N-dealkylation sites (N-methyl/N-ethyl adjacent to an activating group) is 1. The van der Waals surface area contributed by atoms with E-state index in [1.807, 2.05) is 10.7 Å². The molecule has 3 rings (SSSR count). The number of rotatable bonds is 6. The number of tetrazole rings is 1. The molecule has 0 N–H and O–H groups in total. The van der Waals surface area contributed by atoms with E-state index in [2.05, 4.69) is 63.6 Å². The van der Waals surface area contributed by atoms with Crippen molar-refractivity contribution in [2.75, 3.05) is 33.2 Å². The highest BCUT2D eigenvalue weighted by molar-refractivity contribution is 5.15. The van der Waals surface area contributed by atoms with Gasteiger partial charge in [-0.3, -0.25) is 4.90 Å². The summed E-state index contributed by atoms with van der Waals surface area (Å²) in [5.74, 6) is 1.00. The smallest absolute Gasteiger partial charge is 0.168 e. The average molecular weight is 314 g/mol. The molecule has 23 heavy (non-hydrogen) atoms. The first kappa shape index (κ1) is 16.1. The third kappa shape index (κ3) is 3.95. The minimum Gasteiger partial charge on any atom is -0.304 e. The van der Waals surface area contributed by atoms with Crippen molar-refractivity contribution in [3.63, 3.8) is 0 Å². The van der Waals surface area contributed by atoms with Gasteiger partial charge >= 0.3 is 0 Å². The van der Waals surface area contributed by atoms with Gasteiger partial charge in [-0.15, -0.1) is 5.10 Å². The number of nitrogens with zero attached hydrogens (tertiary/aromatic N) is 6. The Hall–Kier alpha value is -1.79. The number of hydrogen-bond acceptors (Lipinski definition) is 5. The van der Waals surface area contributed by atoms with E-state index in [-0.39, 0.29) is 0 Å². The van der Waals surface area contributed by atoms with Gasteiger partial charge in [-0.25, -0.2) is 4.68 Å². The number of benzene rings is 1. The maximum Gasteiger partial charge on any atom is 0.168 e. The fourth-order valence-corrected chi connectivity index (χ4v) is 3.20. The monoisotopic (exact) mass is 314 g/mol. The molecule has 0 radical (unpaired) electrons. The highest BCUT2D eigenvalue weighted by Gasteiger charge is 2.27. The summed E-state index contributed by atoms with van der Waals surface area (Å²) in [4.78, 5) is 4.92. The Kier molecular flexibility index (Phi) is 5.35. The van der Waals surface area contributed by atoms with E-state index >= 15 is 0 Å². The van der Waals surface area contributed by atoms with Crippen molar-refractivity contribution in [2.24, 2.45) is 0 Å². The van der Waals surface area contributed by atoms with Gasteiger partial charge in [0.25, 0.3) is 0 Å². The van der Waals surface area contributed by atoms with E-state index in [1.165, 1.54) is 5.56 Å². The Morgan fingerprint density at radius 1 is 1.09 bits per heavy atom. The second kappa shape index (κ2) is 7.66. The van der Waals surface area contributed by atoms with Gasteiger partial charge in [0, 0.05) is 26.2 Å². The summed E-state index contributed by atoms with van der Waals surface area (Å²) in [7, 11) is 2.19. The molecule has 1 aromatic heterocycles. The molecule has 1 atom stereocenters. The van der Waals surface area contributed by atoms with E-state index in [9.17, 15) is 0 Å². The molecule has 0 bridgehead atoms. The summed E-state index contributed by atoms with van der Waals surface area (Å²) in [5.41, 5.74) is 1.23. The molecule has 1 unspecified atom stereocenters. The van der Waals surface area contributed by atoms with E-state index in [4.69, 9.17) is 0 Å². The van der Waals surface area contributed by atoms with Crippen molar-refractivity contribution >= 4 is 0 Å². The van der Waals surface area contributed by atoms with Crippen molar-refractivity contribution in [3.8, 4) is 0 Å². The Balaban J connectivity index is 1.79. The molecule has 1 aliphatic heterocycles. The van der Waals surface area contributed by atoms with Crippen LogP contribution in [0, 0.1) is 0 Å². The predicted molar refractivity (Wildman–Crippen MR) is 90.1 cm³/mol. The topological polar surface area (TPSA) is 50.1 Å². The second-order valence-electron chi connectivity index (χ2n) is 6.32. The van der Waals surface area contributed by atoms with Crippen LogP contribution in [0.15, 0.2) is 30.3 Å². The molecule has 6 heteroatoms. The SMILES string of the molecule is CCCC(c1nnnn1Cc1ccccc1)N1CCN(C)CC1. The van der Waals surface area contributed by atoms with Gasteiger partial charge < -0.3 is 4.90 Å². The van der Waals surface area contributed by atoms with Crippen LogP contribution >= 0.6 is 0 Å². The van der Waals surface area contributed by atoms with Gasteiger partial charge in [-0.05, 0) is 29.5 Å². The van der Waals surface area contributed by atoms with Crippen LogP contribution in [-0.2, 0) is 6.54 Å². The van der Waals surface area contributed by atoms with Gasteiger partial charge in [-0.1, -0.05) is 43.7 Å². The summed E-state index contributed by atoms with van der Waals surface area (Å²) >= 11 is 0. The average Bonchev–Trinajstić information content (AvgIpc) is 3.02. The van der Waals surface area contributed by atoms with Crippen LogP contribution in [0.2, 0.25) is 0 Å². The van der Waals surface area contributed by atoms with Crippen molar-refractivity contribution in [2.45, 2.75) is 32.4 Å². The summed E-state index contributed by atoms with van der Waals surface area (Å²) in [6.45, 7) is 7.35. The zero-order chi connectivity index (χ0) is 16.1. The molecule has 2 heterocycles. The number of aromatic nitrogens is 4. The third-order valence-electron chi connectivity index (χ3n) is 4.57. The van der Waals surface area contributed by atoms with Crippen LogP contribution in [-0.4, -0.2) is 63.2 Å². The molecule has 0 amide bonds. The lowest BCUT2D eigenvalue weighted by atomic mass is 10.1. The van der Waals surface area contributed by atoms with Gasteiger partial charge in [0.15, 0.2) is 5.82 Å². The molecule has 0 spiro atoms. The minimum absolute atomic E-state index is 0.312. The van der Waals surface area contributed by atoms with Crippen LogP contribution in [0.4, 0.5) is 0 Å². The van der Waals surface area contributed by atoms with Crippen LogP contribution in [0.25, 0.3) is 0 Å². The highest BCUT2D eigenvalue weighted by Crippen LogP contribution is 2.25. The fourth-order valence-electron chi connectivity index (χ4n) is 3.20. The van der Waals surface area contributed by atoms with Crippen LogP contribution < -0.4 is 0 Å². The Bertz CT molecular complexity index is 588. The van der Waals surface area contributed by atoms with Crippen LogP contribution in [0.5, 0.6) is 0 Å². The lowest BCUT2D eigenvalue weighted by Crippen LogP contribution is -2.46. The molecule has 0 aliphatic carbocycles. The van der Waals surface area contributed by atoms with Gasteiger partial charge in [0.1, 0.15) is 0 Å². The zero-order valence-corrected chi connectivity index (χ0v) is 14.1. The zero-order valence-electron chi connectivity index (χ0n) is 14.1. The Morgan fingerprint density at radius 2 is 1.83 bits per heavy atom. The van der Waals surface area contributed by atoms with Gasteiger partial charge in [-0.2, -0.15) is 0 Å². The molecule has 0 saturated carbocycles. The summed E-state index contributed by atoms with van der Waals surface area (Å²) < 4.78 is 1.97. The maximum absolute atomic E-state index is 4.37. The number of piperazine rings is 1. The van der Waals surface area contributed by atoms with Crippen molar-refractivity contribution in [3.05, 3.63) is 41.7 Å². The molecule has 1 fully saturated rings. The first-order valence-corrected chi connectivity index (χ1v) is 8.50. The van der Waals surface area contributed by atoms with Crippen LogP contribution in [0.1, 0.15) is 37.2 Å². The van der Waals surface area contributed by atoms with Gasteiger partial charge in [0.05, 0.1) is 12.6 Å². The highest BCUT2D eigenvalue weighted by atomic mass is 15.6. The molecular formula is C17H26N6. The van der Waals surface area contributed by atoms with E-state index in [1.54, 1.807) is 0 Å². The largest absolute Gasteiger partial charge is 0.304 e. The normalized spacial score (nSPS) is 18.2. The van der Waals surface area contributed by atoms with Crippen LogP contribution in [0.3, 0.4) is 0 Å². The first-order valence-electron chi connectivity index (χ1n) is 8.50. The molecule has 6 nitrogen and oxygen atoms in total. The minimum atomic E-state index is 0.312. The summed E-state index contributed by atoms with van der Waals surface area (Å²) in [6.07, 6.45) is 2.23. The quantitative estimate of drug-likeness (QED) is 0.814. The second-order valence-corrected chi connectivity index (χ2v) is 6.32. The van der Waals surface area contributed by atoms with Crippen molar-refractivity contribution in [1.29, 1.82) is 0 Å². The van der Waals surface area contributed by atoms with Gasteiger partial charge in [0.2, 0.25) is 0 Å². The van der Waals surface area contributed by atoms with E-state index in [0.717, 1.165) is 51.4 Å². The summed E-state index contributed by atoms with van der Waals surface area (Å²) in [6, 6.07) is 10.7. The molecule has 124 valence electrons. The fraction of sp³-hybridized carbons (Fsp3) is 0.588. The molecule has 1 saturated heterocycles. The van der Waals surface area contributed by atoms with E-state index < -0.39 is 0 Å². The standard InChI is InChI=1S/C17H26N6/c1-3-7-16(22-12-10-21(2)11-13-22)17-18-19-20-23(17)14-15-8-5-4-6-9-15/h4-6,8-9,16H,3,7,10-14H2,1-2H3. The Morgan fingerprint density at radius 3 is 2.52 bits per heavy atom.